The molecule has 0 amide bonds. The van der Waals surface area contributed by atoms with Crippen LogP contribution in [0.15, 0.2) is 40.8 Å². The summed E-state index contributed by atoms with van der Waals surface area (Å²) in [6.07, 6.45) is 0. The van der Waals surface area contributed by atoms with Crippen LogP contribution in [0.4, 0.5) is 0 Å². The van der Waals surface area contributed by atoms with Crippen molar-refractivity contribution in [2.75, 3.05) is 0 Å². The maximum atomic E-state index is 6.11. The summed E-state index contributed by atoms with van der Waals surface area (Å²) in [5.74, 6) is 0. The highest BCUT2D eigenvalue weighted by Crippen LogP contribution is 2.31. The summed E-state index contributed by atoms with van der Waals surface area (Å²) in [6, 6.07) is 11.9. The molecule has 0 radical (unpaired) electrons. The molecule has 0 saturated heterocycles. The van der Waals surface area contributed by atoms with Gasteiger partial charge in [-0.15, -0.1) is 0 Å². The Morgan fingerprint density at radius 2 is 1.87 bits per heavy atom. The molecule has 0 aliphatic carbocycles. The van der Waals surface area contributed by atoms with Gasteiger partial charge >= 0.3 is 0 Å². The number of furan rings is 1. The normalized spacial score (nSPS) is 11.3. The molecule has 72 valence electrons. The maximum absolute atomic E-state index is 6.11. The van der Waals surface area contributed by atoms with E-state index in [9.17, 15) is 0 Å². The monoisotopic (exact) mass is 214 g/mol. The second kappa shape index (κ2) is 3.04. The number of rotatable bonds is 0. The van der Waals surface area contributed by atoms with E-state index in [1.807, 2.05) is 30.3 Å². The van der Waals surface area contributed by atoms with Crippen LogP contribution in [0.2, 0.25) is 5.02 Å². The summed E-state index contributed by atoms with van der Waals surface area (Å²) in [5, 5.41) is 2.93. The van der Waals surface area contributed by atoms with E-state index >= 15 is 0 Å². The zero-order valence-electron chi connectivity index (χ0n) is 8.25. The van der Waals surface area contributed by atoms with Crippen molar-refractivity contribution < 1.29 is 4.42 Å². The first-order chi connectivity index (χ1) is 7.27. The smallest absolute Gasteiger partial charge is 0.153 e. The first-order valence-electron chi connectivity index (χ1n) is 4.84. The minimum Gasteiger partial charge on any atom is -0.455 e. The highest BCUT2D eigenvalue weighted by atomic mass is 35.5. The molecule has 3 heteroatoms. The van der Waals surface area contributed by atoms with Crippen LogP contribution in [0, 0.1) is 0 Å². The third-order valence-corrected chi connectivity index (χ3v) is 2.98. The van der Waals surface area contributed by atoms with Crippen molar-refractivity contribution in [3.05, 3.63) is 41.4 Å². The van der Waals surface area contributed by atoms with Crippen molar-refractivity contribution in [1.29, 1.82) is 0 Å². The maximum Gasteiger partial charge on any atom is 0.153 e. The topological polar surface area (TPSA) is 13.1 Å². The summed E-state index contributed by atoms with van der Waals surface area (Å²) in [7, 11) is 2.07. The van der Waals surface area contributed by atoms with Crippen molar-refractivity contribution in [3.8, 4) is 0 Å². The first kappa shape index (κ1) is 8.87. The molecule has 0 aliphatic rings. The Bertz CT molecular complexity index is 657. The lowest BCUT2D eigenvalue weighted by Crippen LogP contribution is -2.01. The fourth-order valence-corrected chi connectivity index (χ4v) is 2.16. The van der Waals surface area contributed by atoms with E-state index in [2.05, 4.69) is 13.9 Å². The number of halogens is 1. The van der Waals surface area contributed by atoms with Crippen LogP contribution >= 0.6 is 11.6 Å². The summed E-state index contributed by atoms with van der Waals surface area (Å²) in [4.78, 5) is 0. The van der Waals surface area contributed by atoms with Gasteiger partial charge in [-0.1, -0.05) is 41.3 Å². The van der Waals surface area contributed by atoms with Crippen LogP contribution in [0.3, 0.4) is 0 Å². The van der Waals surface area contributed by atoms with Gasteiger partial charge in [0.25, 0.3) is 0 Å². The van der Waals surface area contributed by atoms with Crippen molar-refractivity contribution >= 4 is 46.8 Å². The lowest BCUT2D eigenvalue weighted by molar-refractivity contribution is 0.669. The van der Waals surface area contributed by atoms with Crippen LogP contribution in [-0.4, -0.2) is 7.85 Å². The second-order valence-corrected chi connectivity index (χ2v) is 4.07. The van der Waals surface area contributed by atoms with Crippen molar-refractivity contribution in [3.63, 3.8) is 0 Å². The fraction of sp³-hybridized carbons (Fsp3) is 0. The lowest BCUT2D eigenvalue weighted by atomic mass is 9.91. The molecule has 0 aliphatic heterocycles. The average molecular weight is 214 g/mol. The molecule has 0 N–H and O–H groups in total. The Hall–Kier alpha value is -1.41. The number of hydrogen-bond donors (Lipinski definition) is 0. The van der Waals surface area contributed by atoms with E-state index in [0.717, 1.165) is 21.9 Å². The van der Waals surface area contributed by atoms with E-state index in [-0.39, 0.29) is 0 Å². The van der Waals surface area contributed by atoms with Gasteiger partial charge in [-0.3, -0.25) is 0 Å². The van der Waals surface area contributed by atoms with E-state index < -0.39 is 0 Å². The summed E-state index contributed by atoms with van der Waals surface area (Å²) in [5.41, 5.74) is 2.88. The molecule has 0 atom stereocenters. The van der Waals surface area contributed by atoms with Crippen LogP contribution in [0.1, 0.15) is 0 Å². The molecule has 1 nitrogen and oxygen atoms in total. The number of fused-ring (bicyclic) bond motifs is 3. The quantitative estimate of drug-likeness (QED) is 0.524. The SMILES string of the molecule is Bc1ccc(Cl)c2oc3ccccc3c12. The molecule has 0 unspecified atom stereocenters. The molecule has 1 aromatic heterocycles. The third kappa shape index (κ3) is 1.18. The van der Waals surface area contributed by atoms with Crippen LogP contribution in [-0.2, 0) is 0 Å². The molecule has 0 spiro atoms. The molecular weight excluding hydrogens is 206 g/mol. The van der Waals surface area contributed by atoms with Gasteiger partial charge in [0.1, 0.15) is 13.4 Å². The summed E-state index contributed by atoms with van der Waals surface area (Å²) in [6.45, 7) is 0. The Labute approximate surface area is 93.0 Å². The standard InChI is InChI=1S/C12H8BClO/c13-8-5-6-9(14)12-11(8)7-3-1-2-4-10(7)15-12/h1-6H,13H2. The van der Waals surface area contributed by atoms with E-state index in [0.29, 0.717) is 5.02 Å². The Balaban J connectivity index is 2.66. The number of benzene rings is 2. The van der Waals surface area contributed by atoms with Gasteiger partial charge in [-0.25, -0.2) is 0 Å². The third-order valence-electron chi connectivity index (χ3n) is 2.69. The molecule has 0 saturated carbocycles. The zero-order valence-corrected chi connectivity index (χ0v) is 9.01. The Morgan fingerprint density at radius 1 is 1.07 bits per heavy atom. The molecule has 1 heterocycles. The first-order valence-corrected chi connectivity index (χ1v) is 5.21. The summed E-state index contributed by atoms with van der Waals surface area (Å²) < 4.78 is 5.73. The molecule has 15 heavy (non-hydrogen) atoms. The highest BCUT2D eigenvalue weighted by molar-refractivity contribution is 6.44. The van der Waals surface area contributed by atoms with Gasteiger partial charge in [0.15, 0.2) is 5.58 Å². The van der Waals surface area contributed by atoms with E-state index in [4.69, 9.17) is 16.0 Å². The van der Waals surface area contributed by atoms with Crippen LogP contribution in [0.25, 0.3) is 21.9 Å². The van der Waals surface area contributed by atoms with Gasteiger partial charge in [-0.2, -0.15) is 0 Å². The van der Waals surface area contributed by atoms with Crippen LogP contribution in [0.5, 0.6) is 0 Å². The predicted octanol–water partition coefficient (Wildman–Crippen LogP) is 2.50. The molecule has 3 aromatic rings. The average Bonchev–Trinajstić information content (AvgIpc) is 2.64. The van der Waals surface area contributed by atoms with Crippen molar-refractivity contribution in [1.82, 2.24) is 0 Å². The molecule has 3 rings (SSSR count). The second-order valence-electron chi connectivity index (χ2n) is 3.67. The van der Waals surface area contributed by atoms with Gasteiger partial charge in [0.05, 0.1) is 5.02 Å². The molecule has 2 aromatic carbocycles. The van der Waals surface area contributed by atoms with Crippen LogP contribution < -0.4 is 5.46 Å². The summed E-state index contributed by atoms with van der Waals surface area (Å²) >= 11 is 6.11. The van der Waals surface area contributed by atoms with Gasteiger partial charge in [0.2, 0.25) is 0 Å². The minimum absolute atomic E-state index is 0.673. The van der Waals surface area contributed by atoms with Crippen molar-refractivity contribution in [2.24, 2.45) is 0 Å². The molecule has 0 fully saturated rings. The van der Waals surface area contributed by atoms with E-state index in [1.54, 1.807) is 0 Å². The van der Waals surface area contributed by atoms with Crippen molar-refractivity contribution in [2.45, 2.75) is 0 Å². The van der Waals surface area contributed by atoms with Gasteiger partial charge in [0, 0.05) is 10.8 Å². The lowest BCUT2D eigenvalue weighted by Gasteiger charge is -1.96. The number of para-hydroxylation sites is 1. The molecular formula is C12H8BClO. The fourth-order valence-electron chi connectivity index (χ4n) is 1.96. The zero-order chi connectivity index (χ0) is 10.4. The Kier molecular flexibility index (Phi) is 1.80. The minimum atomic E-state index is 0.673. The van der Waals surface area contributed by atoms with Gasteiger partial charge < -0.3 is 4.42 Å². The predicted molar refractivity (Wildman–Crippen MR) is 66.9 cm³/mol. The van der Waals surface area contributed by atoms with Gasteiger partial charge in [-0.05, 0) is 12.1 Å². The van der Waals surface area contributed by atoms with E-state index in [1.165, 1.54) is 5.46 Å². The Morgan fingerprint density at radius 3 is 2.73 bits per heavy atom. The largest absolute Gasteiger partial charge is 0.455 e. The number of hydrogen-bond acceptors (Lipinski definition) is 1. The highest BCUT2D eigenvalue weighted by Gasteiger charge is 2.10. The molecule has 0 bridgehead atoms.